The molecule has 3 aromatic rings. The number of aryl methyl sites for hydroxylation is 1. The van der Waals surface area contributed by atoms with E-state index in [4.69, 9.17) is 4.52 Å². The fourth-order valence-corrected chi connectivity index (χ4v) is 3.70. The molecule has 1 aromatic heterocycles. The van der Waals surface area contributed by atoms with Gasteiger partial charge in [0, 0.05) is 18.2 Å². The van der Waals surface area contributed by atoms with Gasteiger partial charge in [-0.05, 0) is 50.2 Å². The van der Waals surface area contributed by atoms with Crippen LogP contribution in [0.25, 0.3) is 11.3 Å². The van der Waals surface area contributed by atoms with E-state index in [9.17, 15) is 12.8 Å². The molecule has 26 heavy (non-hydrogen) atoms. The quantitative estimate of drug-likeness (QED) is 0.679. The van der Waals surface area contributed by atoms with Gasteiger partial charge in [0.2, 0.25) is 10.0 Å². The summed E-state index contributed by atoms with van der Waals surface area (Å²) >= 11 is 0. The molecular formula is C19H19FN2O3S. The molecule has 0 saturated heterocycles. The van der Waals surface area contributed by atoms with Crippen molar-refractivity contribution < 1.29 is 17.3 Å². The van der Waals surface area contributed by atoms with E-state index in [2.05, 4.69) is 5.16 Å². The van der Waals surface area contributed by atoms with Crippen LogP contribution in [0.15, 0.2) is 57.9 Å². The van der Waals surface area contributed by atoms with Crippen LogP contribution in [0.2, 0.25) is 0 Å². The maximum Gasteiger partial charge on any atom is 0.243 e. The van der Waals surface area contributed by atoms with Crippen LogP contribution in [-0.2, 0) is 16.6 Å². The fourth-order valence-electron chi connectivity index (χ4n) is 2.57. The summed E-state index contributed by atoms with van der Waals surface area (Å²) in [6.07, 6.45) is 0. The van der Waals surface area contributed by atoms with Gasteiger partial charge in [-0.3, -0.25) is 0 Å². The maximum absolute atomic E-state index is 13.1. The Hall–Kier alpha value is -2.51. The van der Waals surface area contributed by atoms with Crippen molar-refractivity contribution in [3.63, 3.8) is 0 Å². The highest BCUT2D eigenvalue weighted by Crippen LogP contribution is 2.27. The predicted molar refractivity (Wildman–Crippen MR) is 96.5 cm³/mol. The molecule has 0 fully saturated rings. The molecule has 0 aliphatic carbocycles. The van der Waals surface area contributed by atoms with Gasteiger partial charge in [0.05, 0.1) is 11.4 Å². The molecule has 2 aromatic carbocycles. The molecular weight excluding hydrogens is 355 g/mol. The van der Waals surface area contributed by atoms with Crippen LogP contribution in [0, 0.1) is 19.7 Å². The topological polar surface area (TPSA) is 63.4 Å². The van der Waals surface area contributed by atoms with Crippen molar-refractivity contribution in [2.24, 2.45) is 0 Å². The van der Waals surface area contributed by atoms with Crippen LogP contribution in [0.1, 0.15) is 16.8 Å². The van der Waals surface area contributed by atoms with Crippen molar-refractivity contribution >= 4 is 10.0 Å². The molecule has 0 aliphatic rings. The van der Waals surface area contributed by atoms with Gasteiger partial charge in [0.1, 0.15) is 11.5 Å². The molecule has 0 atom stereocenters. The van der Waals surface area contributed by atoms with E-state index in [1.807, 2.05) is 6.92 Å². The van der Waals surface area contributed by atoms with E-state index in [1.165, 1.54) is 23.5 Å². The van der Waals surface area contributed by atoms with E-state index in [1.54, 1.807) is 43.3 Å². The van der Waals surface area contributed by atoms with Gasteiger partial charge >= 0.3 is 0 Å². The highest BCUT2D eigenvalue weighted by molar-refractivity contribution is 7.89. The Morgan fingerprint density at radius 1 is 1.04 bits per heavy atom. The average Bonchev–Trinajstić information content (AvgIpc) is 2.97. The second-order valence-corrected chi connectivity index (χ2v) is 8.21. The molecule has 7 heteroatoms. The van der Waals surface area contributed by atoms with Gasteiger partial charge in [0.15, 0.2) is 5.76 Å². The summed E-state index contributed by atoms with van der Waals surface area (Å²) in [5.74, 6) is 0.163. The van der Waals surface area contributed by atoms with Gasteiger partial charge in [-0.25, -0.2) is 12.8 Å². The Morgan fingerprint density at radius 2 is 1.65 bits per heavy atom. The SMILES string of the molecule is Cc1ccc(S(=O)(=O)N(C)Cc2noc(-c3ccc(F)cc3)c2C)cc1. The van der Waals surface area contributed by atoms with Crippen molar-refractivity contribution in [3.8, 4) is 11.3 Å². The smallest absolute Gasteiger partial charge is 0.243 e. The third-order valence-corrected chi connectivity index (χ3v) is 6.05. The lowest BCUT2D eigenvalue weighted by Crippen LogP contribution is -2.27. The predicted octanol–water partition coefficient (Wildman–Crippen LogP) is 3.92. The Balaban J connectivity index is 1.85. The van der Waals surface area contributed by atoms with Crippen molar-refractivity contribution in [1.82, 2.24) is 9.46 Å². The monoisotopic (exact) mass is 374 g/mol. The van der Waals surface area contributed by atoms with Gasteiger partial charge in [-0.15, -0.1) is 0 Å². The highest BCUT2D eigenvalue weighted by atomic mass is 32.2. The summed E-state index contributed by atoms with van der Waals surface area (Å²) in [5.41, 5.74) is 2.92. The molecule has 0 unspecified atom stereocenters. The van der Waals surface area contributed by atoms with Crippen LogP contribution in [0.5, 0.6) is 0 Å². The van der Waals surface area contributed by atoms with Gasteiger partial charge in [-0.1, -0.05) is 22.9 Å². The molecule has 1 heterocycles. The van der Waals surface area contributed by atoms with Crippen molar-refractivity contribution in [2.75, 3.05) is 7.05 Å². The molecule has 0 N–H and O–H groups in total. The molecule has 0 bridgehead atoms. The van der Waals surface area contributed by atoms with E-state index in [0.717, 1.165) is 11.1 Å². The number of hydrogen-bond acceptors (Lipinski definition) is 4. The van der Waals surface area contributed by atoms with Gasteiger partial charge < -0.3 is 4.52 Å². The summed E-state index contributed by atoms with van der Waals surface area (Å²) in [6, 6.07) is 12.6. The largest absolute Gasteiger partial charge is 0.356 e. The second kappa shape index (κ2) is 7.01. The number of rotatable bonds is 5. The zero-order valence-corrected chi connectivity index (χ0v) is 15.5. The van der Waals surface area contributed by atoms with Crippen LogP contribution < -0.4 is 0 Å². The Morgan fingerprint density at radius 3 is 2.27 bits per heavy atom. The first-order valence-corrected chi connectivity index (χ1v) is 9.47. The lowest BCUT2D eigenvalue weighted by atomic mass is 10.1. The fraction of sp³-hybridized carbons (Fsp3) is 0.211. The summed E-state index contributed by atoms with van der Waals surface area (Å²) < 4.78 is 45.1. The summed E-state index contributed by atoms with van der Waals surface area (Å²) in [4.78, 5) is 0.227. The Bertz CT molecular complexity index is 1010. The van der Waals surface area contributed by atoms with E-state index >= 15 is 0 Å². The standard InChI is InChI=1S/C19H19FN2O3S/c1-13-4-10-17(11-5-13)26(23,24)22(3)12-18-14(2)19(25-21-18)15-6-8-16(20)9-7-15/h4-11H,12H2,1-3H3. The molecule has 0 saturated carbocycles. The summed E-state index contributed by atoms with van der Waals surface area (Å²) in [6.45, 7) is 3.78. The van der Waals surface area contributed by atoms with E-state index in [-0.39, 0.29) is 17.3 Å². The van der Waals surface area contributed by atoms with Crippen LogP contribution in [0.3, 0.4) is 0 Å². The van der Waals surface area contributed by atoms with Crippen LogP contribution in [-0.4, -0.2) is 24.9 Å². The molecule has 0 radical (unpaired) electrons. The normalized spacial score (nSPS) is 11.9. The average molecular weight is 374 g/mol. The van der Waals surface area contributed by atoms with E-state index < -0.39 is 10.0 Å². The zero-order chi connectivity index (χ0) is 18.9. The van der Waals surface area contributed by atoms with Crippen LogP contribution >= 0.6 is 0 Å². The molecule has 0 spiro atoms. The minimum Gasteiger partial charge on any atom is -0.356 e. The van der Waals surface area contributed by atoms with E-state index in [0.29, 0.717) is 17.0 Å². The maximum atomic E-state index is 13.1. The molecule has 3 rings (SSSR count). The Labute approximate surface area is 152 Å². The number of aromatic nitrogens is 1. The molecule has 5 nitrogen and oxygen atoms in total. The van der Waals surface area contributed by atoms with Crippen molar-refractivity contribution in [1.29, 1.82) is 0 Å². The highest BCUT2D eigenvalue weighted by Gasteiger charge is 2.24. The third-order valence-electron chi connectivity index (χ3n) is 4.23. The summed E-state index contributed by atoms with van der Waals surface area (Å²) in [5, 5.41) is 4.00. The first kappa shape index (κ1) is 18.3. The minimum absolute atomic E-state index is 0.0761. The third kappa shape index (κ3) is 3.54. The summed E-state index contributed by atoms with van der Waals surface area (Å²) in [7, 11) is -2.13. The number of benzene rings is 2. The zero-order valence-electron chi connectivity index (χ0n) is 14.7. The molecule has 0 aliphatic heterocycles. The van der Waals surface area contributed by atoms with Crippen molar-refractivity contribution in [2.45, 2.75) is 25.3 Å². The van der Waals surface area contributed by atoms with Gasteiger partial charge in [0.25, 0.3) is 0 Å². The first-order valence-electron chi connectivity index (χ1n) is 8.03. The number of sulfonamides is 1. The minimum atomic E-state index is -3.63. The second-order valence-electron chi connectivity index (χ2n) is 6.16. The van der Waals surface area contributed by atoms with Crippen molar-refractivity contribution in [3.05, 3.63) is 71.2 Å². The number of hydrogen-bond donors (Lipinski definition) is 0. The first-order chi connectivity index (χ1) is 12.3. The number of nitrogens with zero attached hydrogens (tertiary/aromatic N) is 2. The van der Waals surface area contributed by atoms with Crippen LogP contribution in [0.4, 0.5) is 4.39 Å². The van der Waals surface area contributed by atoms with Gasteiger partial charge in [-0.2, -0.15) is 4.31 Å². The lowest BCUT2D eigenvalue weighted by Gasteiger charge is -2.16. The lowest BCUT2D eigenvalue weighted by molar-refractivity contribution is 0.402. The Kier molecular flexibility index (Phi) is 4.93. The molecule has 0 amide bonds. The molecule has 136 valence electrons. The number of halogens is 1.